The number of hydrogen-bond donors (Lipinski definition) is 2. The Hall–Kier alpha value is -1.58. The Morgan fingerprint density at radius 2 is 1.93 bits per heavy atom. The van der Waals surface area contributed by atoms with E-state index in [1.165, 1.54) is 6.07 Å². The third-order valence-corrected chi connectivity index (χ3v) is 1.90. The largest absolute Gasteiger partial charge is 0.384 e. The highest BCUT2D eigenvalue weighted by atomic mass is 16.1. The molecule has 0 atom stereocenters. The number of rotatable bonds is 1. The van der Waals surface area contributed by atoms with Crippen molar-refractivity contribution in [3.63, 3.8) is 0 Å². The number of hydrogen-bond acceptors (Lipinski definition) is 3. The summed E-state index contributed by atoms with van der Waals surface area (Å²) in [7, 11) is 0. The molecule has 0 aliphatic carbocycles. The highest BCUT2D eigenvalue weighted by Gasteiger charge is 2.17. The SMILES string of the molecule is CC(C)(C)c1cc(C(N)=O)cc(N)n1. The summed E-state index contributed by atoms with van der Waals surface area (Å²) >= 11 is 0. The van der Waals surface area contributed by atoms with Crippen molar-refractivity contribution < 1.29 is 4.79 Å². The molecule has 0 saturated heterocycles. The van der Waals surface area contributed by atoms with E-state index in [-0.39, 0.29) is 5.41 Å². The number of amides is 1. The van der Waals surface area contributed by atoms with Gasteiger partial charge in [-0.15, -0.1) is 0 Å². The Morgan fingerprint density at radius 1 is 1.36 bits per heavy atom. The fourth-order valence-electron chi connectivity index (χ4n) is 1.08. The van der Waals surface area contributed by atoms with E-state index in [0.717, 1.165) is 5.69 Å². The van der Waals surface area contributed by atoms with Crippen molar-refractivity contribution in [3.8, 4) is 0 Å². The molecule has 0 aromatic carbocycles. The predicted molar refractivity (Wildman–Crippen MR) is 55.9 cm³/mol. The summed E-state index contributed by atoms with van der Waals surface area (Å²) in [4.78, 5) is 15.1. The summed E-state index contributed by atoms with van der Waals surface area (Å²) in [5.74, 6) is -0.157. The van der Waals surface area contributed by atoms with Gasteiger partial charge in [0.1, 0.15) is 5.82 Å². The number of primary amides is 1. The van der Waals surface area contributed by atoms with Crippen molar-refractivity contribution in [1.29, 1.82) is 0 Å². The van der Waals surface area contributed by atoms with Crippen molar-refractivity contribution in [2.24, 2.45) is 5.73 Å². The number of nitrogens with zero attached hydrogens (tertiary/aromatic N) is 1. The third-order valence-electron chi connectivity index (χ3n) is 1.90. The van der Waals surface area contributed by atoms with Gasteiger partial charge in [0.2, 0.25) is 5.91 Å². The lowest BCUT2D eigenvalue weighted by atomic mass is 9.90. The Morgan fingerprint density at radius 3 is 2.36 bits per heavy atom. The van der Waals surface area contributed by atoms with Gasteiger partial charge in [0.15, 0.2) is 0 Å². The molecule has 0 radical (unpaired) electrons. The van der Waals surface area contributed by atoms with Crippen LogP contribution in [-0.2, 0) is 5.41 Å². The molecule has 1 amide bonds. The molecule has 1 heterocycles. The van der Waals surface area contributed by atoms with Crippen LogP contribution < -0.4 is 11.5 Å². The smallest absolute Gasteiger partial charge is 0.248 e. The minimum absolute atomic E-state index is 0.139. The van der Waals surface area contributed by atoms with E-state index in [9.17, 15) is 4.79 Å². The first-order valence-corrected chi connectivity index (χ1v) is 4.38. The Balaban J connectivity index is 3.28. The zero-order chi connectivity index (χ0) is 10.9. The van der Waals surface area contributed by atoms with Crippen LogP contribution in [0.5, 0.6) is 0 Å². The predicted octanol–water partition coefficient (Wildman–Crippen LogP) is 1.06. The lowest BCUT2D eigenvalue weighted by Crippen LogP contribution is -2.18. The molecular formula is C10H15N3O. The van der Waals surface area contributed by atoms with Crippen molar-refractivity contribution >= 4 is 11.7 Å². The van der Waals surface area contributed by atoms with Gasteiger partial charge in [0.05, 0.1) is 0 Å². The maximum absolute atomic E-state index is 11.0. The molecule has 0 aliphatic heterocycles. The number of carbonyl (C=O) groups is 1. The average Bonchev–Trinajstić information content (AvgIpc) is 2.01. The van der Waals surface area contributed by atoms with Gasteiger partial charge in [-0.25, -0.2) is 4.98 Å². The summed E-state index contributed by atoms with van der Waals surface area (Å²) < 4.78 is 0. The molecule has 1 rings (SSSR count). The Kier molecular flexibility index (Phi) is 2.47. The van der Waals surface area contributed by atoms with Crippen LogP contribution >= 0.6 is 0 Å². The van der Waals surface area contributed by atoms with E-state index in [1.807, 2.05) is 20.8 Å². The van der Waals surface area contributed by atoms with Crippen molar-refractivity contribution in [2.45, 2.75) is 26.2 Å². The topological polar surface area (TPSA) is 82.0 Å². The molecule has 0 fully saturated rings. The molecular weight excluding hydrogens is 178 g/mol. The highest BCUT2D eigenvalue weighted by Crippen LogP contribution is 2.22. The van der Waals surface area contributed by atoms with Gasteiger partial charge in [-0.3, -0.25) is 4.79 Å². The molecule has 1 aromatic rings. The summed E-state index contributed by atoms with van der Waals surface area (Å²) in [6.45, 7) is 6.00. The number of anilines is 1. The van der Waals surface area contributed by atoms with E-state index in [2.05, 4.69) is 4.98 Å². The quantitative estimate of drug-likeness (QED) is 0.699. The number of pyridine rings is 1. The van der Waals surface area contributed by atoms with Gasteiger partial charge in [0, 0.05) is 16.7 Å². The van der Waals surface area contributed by atoms with Gasteiger partial charge in [-0.2, -0.15) is 0 Å². The number of aromatic nitrogens is 1. The van der Waals surface area contributed by atoms with E-state index in [0.29, 0.717) is 11.4 Å². The second-order valence-electron chi connectivity index (χ2n) is 4.28. The molecule has 4 heteroatoms. The van der Waals surface area contributed by atoms with Gasteiger partial charge in [0.25, 0.3) is 0 Å². The molecule has 4 N–H and O–H groups in total. The van der Waals surface area contributed by atoms with Crippen molar-refractivity contribution in [1.82, 2.24) is 4.98 Å². The van der Waals surface area contributed by atoms with Gasteiger partial charge in [-0.1, -0.05) is 20.8 Å². The van der Waals surface area contributed by atoms with Crippen LogP contribution in [0, 0.1) is 0 Å². The molecule has 14 heavy (non-hydrogen) atoms. The number of nitrogen functional groups attached to an aromatic ring is 1. The van der Waals surface area contributed by atoms with Gasteiger partial charge >= 0.3 is 0 Å². The first-order valence-electron chi connectivity index (χ1n) is 4.38. The first-order chi connectivity index (χ1) is 6.30. The fraction of sp³-hybridized carbons (Fsp3) is 0.400. The van der Waals surface area contributed by atoms with Crippen LogP contribution in [0.15, 0.2) is 12.1 Å². The van der Waals surface area contributed by atoms with E-state index >= 15 is 0 Å². The minimum atomic E-state index is -0.482. The van der Waals surface area contributed by atoms with E-state index < -0.39 is 5.91 Å². The van der Waals surface area contributed by atoms with Crippen LogP contribution in [0.3, 0.4) is 0 Å². The average molecular weight is 193 g/mol. The molecule has 0 aliphatic rings. The number of carbonyl (C=O) groups excluding carboxylic acids is 1. The first kappa shape index (κ1) is 10.5. The zero-order valence-electron chi connectivity index (χ0n) is 8.66. The fourth-order valence-corrected chi connectivity index (χ4v) is 1.08. The zero-order valence-corrected chi connectivity index (χ0v) is 8.66. The molecule has 0 unspecified atom stereocenters. The normalized spacial score (nSPS) is 11.4. The second-order valence-corrected chi connectivity index (χ2v) is 4.28. The van der Waals surface area contributed by atoms with Crippen LogP contribution in [0.2, 0.25) is 0 Å². The molecule has 0 saturated carbocycles. The summed E-state index contributed by atoms with van der Waals surface area (Å²) in [5, 5.41) is 0. The van der Waals surface area contributed by atoms with Crippen molar-refractivity contribution in [3.05, 3.63) is 23.4 Å². The maximum atomic E-state index is 11.0. The number of nitrogens with two attached hydrogens (primary N) is 2. The summed E-state index contributed by atoms with van der Waals surface area (Å²) in [6.07, 6.45) is 0. The summed E-state index contributed by atoms with van der Waals surface area (Å²) in [6, 6.07) is 3.16. The maximum Gasteiger partial charge on any atom is 0.248 e. The lowest BCUT2D eigenvalue weighted by Gasteiger charge is -2.18. The van der Waals surface area contributed by atoms with Crippen LogP contribution in [0.4, 0.5) is 5.82 Å². The van der Waals surface area contributed by atoms with Crippen LogP contribution in [0.1, 0.15) is 36.8 Å². The molecule has 1 aromatic heterocycles. The van der Waals surface area contributed by atoms with E-state index in [1.54, 1.807) is 6.07 Å². The third kappa shape index (κ3) is 2.22. The van der Waals surface area contributed by atoms with Crippen LogP contribution in [0.25, 0.3) is 0 Å². The highest BCUT2D eigenvalue weighted by molar-refractivity contribution is 5.93. The summed E-state index contributed by atoms with van der Waals surface area (Å²) in [5.41, 5.74) is 11.8. The van der Waals surface area contributed by atoms with Crippen LogP contribution in [-0.4, -0.2) is 10.9 Å². The van der Waals surface area contributed by atoms with Crippen molar-refractivity contribution in [2.75, 3.05) is 5.73 Å². The lowest BCUT2D eigenvalue weighted by molar-refractivity contribution is 0.1000. The minimum Gasteiger partial charge on any atom is -0.384 e. The van der Waals surface area contributed by atoms with E-state index in [4.69, 9.17) is 11.5 Å². The standard InChI is InChI=1S/C10H15N3O/c1-10(2,3)7-4-6(9(12)14)5-8(11)13-7/h4-5H,1-3H3,(H2,11,13)(H2,12,14). The Labute approximate surface area is 83.3 Å². The molecule has 0 bridgehead atoms. The van der Waals surface area contributed by atoms with Gasteiger partial charge in [-0.05, 0) is 12.1 Å². The molecule has 76 valence electrons. The molecule has 0 spiro atoms. The van der Waals surface area contributed by atoms with Gasteiger partial charge < -0.3 is 11.5 Å². The second kappa shape index (κ2) is 3.29. The molecule has 4 nitrogen and oxygen atoms in total. The monoisotopic (exact) mass is 193 g/mol. The Bertz CT molecular complexity index is 366.